The maximum atomic E-state index is 12.0. The molecule has 3 aromatic rings. The van der Waals surface area contributed by atoms with E-state index in [0.717, 1.165) is 36.0 Å². The molecule has 0 N–H and O–H groups in total. The summed E-state index contributed by atoms with van der Waals surface area (Å²) in [7, 11) is 0. The van der Waals surface area contributed by atoms with Gasteiger partial charge in [0.1, 0.15) is 5.58 Å². The summed E-state index contributed by atoms with van der Waals surface area (Å²) in [5, 5.41) is 1.62. The second-order valence-electron chi connectivity index (χ2n) is 6.73. The smallest absolute Gasteiger partial charge is 0.336 e. The Morgan fingerprint density at radius 1 is 1.20 bits per heavy atom. The van der Waals surface area contributed by atoms with Crippen LogP contribution in [0.25, 0.3) is 11.0 Å². The largest absolute Gasteiger partial charge is 0.423 e. The average molecular weight is 354 g/mol. The lowest BCUT2D eigenvalue weighted by atomic mass is 10.0. The van der Waals surface area contributed by atoms with Crippen LogP contribution in [-0.4, -0.2) is 11.4 Å². The molecule has 0 bridgehead atoms. The van der Waals surface area contributed by atoms with Crippen molar-refractivity contribution in [2.75, 3.05) is 6.54 Å². The van der Waals surface area contributed by atoms with Crippen LogP contribution in [0.2, 0.25) is 5.02 Å². The van der Waals surface area contributed by atoms with Crippen molar-refractivity contribution < 1.29 is 4.42 Å². The van der Waals surface area contributed by atoms with Gasteiger partial charge in [-0.15, -0.1) is 0 Å². The van der Waals surface area contributed by atoms with Crippen molar-refractivity contribution >= 4 is 22.6 Å². The summed E-state index contributed by atoms with van der Waals surface area (Å²) in [5.41, 5.74) is 3.54. The Bertz CT molecular complexity index is 965. The summed E-state index contributed by atoms with van der Waals surface area (Å²) >= 11 is 6.31. The van der Waals surface area contributed by atoms with Gasteiger partial charge < -0.3 is 4.42 Å². The van der Waals surface area contributed by atoms with Crippen molar-refractivity contribution in [2.45, 2.75) is 32.4 Å². The first kappa shape index (κ1) is 16.4. The number of hydrogen-bond donors (Lipinski definition) is 0. The van der Waals surface area contributed by atoms with Gasteiger partial charge in [0.05, 0.1) is 0 Å². The Morgan fingerprint density at radius 3 is 2.80 bits per heavy atom. The van der Waals surface area contributed by atoms with Gasteiger partial charge >= 0.3 is 5.63 Å². The highest BCUT2D eigenvalue weighted by molar-refractivity contribution is 6.32. The van der Waals surface area contributed by atoms with E-state index in [2.05, 4.69) is 29.2 Å². The Morgan fingerprint density at radius 2 is 2.00 bits per heavy atom. The van der Waals surface area contributed by atoms with Crippen LogP contribution in [0.5, 0.6) is 0 Å². The molecule has 1 aliphatic rings. The molecule has 1 saturated heterocycles. The fraction of sp³-hybridized carbons (Fsp3) is 0.286. The fourth-order valence-corrected chi connectivity index (χ4v) is 3.93. The van der Waals surface area contributed by atoms with Gasteiger partial charge in [-0.1, -0.05) is 41.9 Å². The summed E-state index contributed by atoms with van der Waals surface area (Å²) < 4.78 is 5.38. The minimum atomic E-state index is -0.306. The zero-order valence-corrected chi connectivity index (χ0v) is 14.9. The summed E-state index contributed by atoms with van der Waals surface area (Å²) in [6.45, 7) is 3.67. The quantitative estimate of drug-likeness (QED) is 0.615. The highest BCUT2D eigenvalue weighted by atomic mass is 35.5. The van der Waals surface area contributed by atoms with Gasteiger partial charge in [0.2, 0.25) is 0 Å². The van der Waals surface area contributed by atoms with E-state index in [0.29, 0.717) is 16.6 Å². The minimum absolute atomic E-state index is 0.306. The molecule has 1 fully saturated rings. The number of fused-ring (bicyclic) bond motifs is 1. The maximum absolute atomic E-state index is 12.0. The lowest BCUT2D eigenvalue weighted by Gasteiger charge is -2.25. The van der Waals surface area contributed by atoms with Gasteiger partial charge in [-0.25, -0.2) is 4.79 Å². The molecule has 3 nitrogen and oxygen atoms in total. The molecular weight excluding hydrogens is 334 g/mol. The summed E-state index contributed by atoms with van der Waals surface area (Å²) in [6, 6.07) is 16.3. The zero-order chi connectivity index (χ0) is 17.4. The van der Waals surface area contributed by atoms with Crippen molar-refractivity contribution in [2.24, 2.45) is 0 Å². The highest BCUT2D eigenvalue weighted by Gasteiger charge is 2.26. The Labute approximate surface area is 151 Å². The normalized spacial score (nSPS) is 18.1. The molecule has 1 atom stereocenters. The molecule has 0 amide bonds. The van der Waals surface area contributed by atoms with Gasteiger partial charge in [0.15, 0.2) is 0 Å². The second kappa shape index (κ2) is 6.66. The number of rotatable bonds is 3. The molecule has 0 radical (unpaired) electrons. The van der Waals surface area contributed by atoms with Crippen LogP contribution >= 0.6 is 11.6 Å². The van der Waals surface area contributed by atoms with E-state index in [1.807, 2.05) is 25.1 Å². The number of benzene rings is 2. The lowest BCUT2D eigenvalue weighted by molar-refractivity contribution is 0.249. The van der Waals surface area contributed by atoms with E-state index in [4.69, 9.17) is 16.0 Å². The number of halogens is 1. The first-order chi connectivity index (χ1) is 12.1. The first-order valence-electron chi connectivity index (χ1n) is 8.64. The van der Waals surface area contributed by atoms with Crippen LogP contribution in [0.1, 0.15) is 35.6 Å². The van der Waals surface area contributed by atoms with Crippen molar-refractivity contribution in [1.82, 2.24) is 4.90 Å². The molecule has 4 rings (SSSR count). The van der Waals surface area contributed by atoms with E-state index in [-0.39, 0.29) is 5.63 Å². The predicted octanol–water partition coefficient (Wildman–Crippen LogP) is 5.09. The Hall–Kier alpha value is -2.10. The fourth-order valence-electron chi connectivity index (χ4n) is 3.77. The molecule has 2 aromatic carbocycles. The van der Waals surface area contributed by atoms with E-state index in [1.165, 1.54) is 12.0 Å². The third-order valence-corrected chi connectivity index (χ3v) is 5.44. The Balaban J connectivity index is 1.73. The molecule has 0 spiro atoms. The molecule has 128 valence electrons. The van der Waals surface area contributed by atoms with Gasteiger partial charge in [-0.3, -0.25) is 4.90 Å². The van der Waals surface area contributed by atoms with Crippen molar-refractivity contribution in [3.8, 4) is 0 Å². The monoisotopic (exact) mass is 353 g/mol. The Kier molecular flexibility index (Phi) is 4.36. The van der Waals surface area contributed by atoms with Crippen LogP contribution in [0.3, 0.4) is 0 Å². The molecule has 2 heterocycles. The summed E-state index contributed by atoms with van der Waals surface area (Å²) in [6.07, 6.45) is 2.31. The van der Waals surface area contributed by atoms with E-state index in [9.17, 15) is 4.79 Å². The third-order valence-electron chi connectivity index (χ3n) is 5.03. The topological polar surface area (TPSA) is 33.5 Å². The van der Waals surface area contributed by atoms with Gasteiger partial charge in [-0.05, 0) is 55.1 Å². The van der Waals surface area contributed by atoms with Crippen LogP contribution in [0, 0.1) is 6.92 Å². The minimum Gasteiger partial charge on any atom is -0.423 e. The van der Waals surface area contributed by atoms with Crippen LogP contribution < -0.4 is 5.63 Å². The lowest BCUT2D eigenvalue weighted by Crippen LogP contribution is -2.23. The van der Waals surface area contributed by atoms with Crippen LogP contribution in [0.15, 0.2) is 57.7 Å². The van der Waals surface area contributed by atoms with E-state index < -0.39 is 0 Å². The highest BCUT2D eigenvalue weighted by Crippen LogP contribution is 2.34. The predicted molar refractivity (Wildman–Crippen MR) is 101 cm³/mol. The van der Waals surface area contributed by atoms with Crippen LogP contribution in [0.4, 0.5) is 0 Å². The molecule has 1 aromatic heterocycles. The molecule has 1 unspecified atom stereocenters. The summed E-state index contributed by atoms with van der Waals surface area (Å²) in [4.78, 5) is 14.4. The molecular formula is C21H20ClNO2. The molecule has 0 aliphatic carbocycles. The van der Waals surface area contributed by atoms with E-state index in [1.54, 1.807) is 6.07 Å². The SMILES string of the molecule is Cc1cc2oc(=O)cc(CN3CCCC3c3ccccc3)c2cc1Cl. The third kappa shape index (κ3) is 3.22. The summed E-state index contributed by atoms with van der Waals surface area (Å²) in [5.74, 6) is 0. The van der Waals surface area contributed by atoms with Crippen LogP contribution in [-0.2, 0) is 6.54 Å². The maximum Gasteiger partial charge on any atom is 0.336 e. The molecule has 25 heavy (non-hydrogen) atoms. The number of aryl methyl sites for hydroxylation is 1. The molecule has 4 heteroatoms. The first-order valence-corrected chi connectivity index (χ1v) is 9.01. The second-order valence-corrected chi connectivity index (χ2v) is 7.13. The standard InChI is InChI=1S/C21H20ClNO2/c1-14-10-20-17(12-18(14)22)16(11-21(24)25-20)13-23-9-5-8-19(23)15-6-3-2-4-7-15/h2-4,6-7,10-12,19H,5,8-9,13H2,1H3. The van der Waals surface area contributed by atoms with Crippen molar-refractivity contribution in [1.29, 1.82) is 0 Å². The van der Waals surface area contributed by atoms with Crippen molar-refractivity contribution in [3.63, 3.8) is 0 Å². The van der Waals surface area contributed by atoms with Gasteiger partial charge in [-0.2, -0.15) is 0 Å². The number of hydrogen-bond acceptors (Lipinski definition) is 3. The average Bonchev–Trinajstić information content (AvgIpc) is 3.05. The molecule has 0 saturated carbocycles. The zero-order valence-electron chi connectivity index (χ0n) is 14.2. The number of nitrogens with zero attached hydrogens (tertiary/aromatic N) is 1. The van der Waals surface area contributed by atoms with Gasteiger partial charge in [0, 0.05) is 29.1 Å². The molecule has 1 aliphatic heterocycles. The van der Waals surface area contributed by atoms with E-state index >= 15 is 0 Å². The van der Waals surface area contributed by atoms with Crippen molar-refractivity contribution in [3.05, 3.63) is 80.7 Å². The number of likely N-dealkylation sites (tertiary alicyclic amines) is 1. The van der Waals surface area contributed by atoms with Gasteiger partial charge in [0.25, 0.3) is 0 Å².